The van der Waals surface area contributed by atoms with Gasteiger partial charge in [0, 0.05) is 12.4 Å². The van der Waals surface area contributed by atoms with Crippen molar-refractivity contribution >= 4 is 23.2 Å². The Morgan fingerprint density at radius 3 is 2.75 bits per heavy atom. The van der Waals surface area contributed by atoms with Crippen LogP contribution in [0.15, 0.2) is 36.7 Å². The molecule has 0 aliphatic carbocycles. The molecule has 0 unspecified atom stereocenters. The van der Waals surface area contributed by atoms with E-state index in [1.54, 1.807) is 24.4 Å². The number of nitrogens with one attached hydrogen (secondary N) is 1. The average molecular weight is 293 g/mol. The number of hydrogen-bond donors (Lipinski definition) is 1. The molecule has 0 aromatic carbocycles. The third kappa shape index (κ3) is 3.07. The quantitative estimate of drug-likeness (QED) is 0.528. The van der Waals surface area contributed by atoms with Crippen molar-refractivity contribution in [2.45, 2.75) is 6.54 Å². The maximum Gasteiger partial charge on any atom is 0.319 e. The summed E-state index contributed by atoms with van der Waals surface area (Å²) in [6, 6.07) is 6.50. The van der Waals surface area contributed by atoms with E-state index in [0.717, 1.165) is 0 Å². The van der Waals surface area contributed by atoms with Gasteiger partial charge in [0.25, 0.3) is 5.91 Å². The molecule has 0 aliphatic heterocycles. The molecule has 0 fully saturated rings. The highest BCUT2D eigenvalue weighted by Gasteiger charge is 2.24. The predicted octanol–water partition coefficient (Wildman–Crippen LogP) is 1.97. The minimum atomic E-state index is -0.731. The van der Waals surface area contributed by atoms with Gasteiger partial charge in [-0.15, -0.1) is 0 Å². The van der Waals surface area contributed by atoms with Gasteiger partial charge in [-0.05, 0) is 18.2 Å². The Hall–Kier alpha value is -2.54. The van der Waals surface area contributed by atoms with Gasteiger partial charge in [-0.25, -0.2) is 4.98 Å². The Balaban J connectivity index is 2.18. The molecule has 0 saturated heterocycles. The fourth-order valence-corrected chi connectivity index (χ4v) is 1.78. The van der Waals surface area contributed by atoms with Crippen molar-refractivity contribution in [1.29, 1.82) is 0 Å². The highest BCUT2D eigenvalue weighted by atomic mass is 35.5. The van der Waals surface area contributed by atoms with Gasteiger partial charge in [0.05, 0.1) is 17.2 Å². The topological polar surface area (TPSA) is 98.0 Å². The minimum Gasteiger partial charge on any atom is -0.346 e. The lowest BCUT2D eigenvalue weighted by Gasteiger charge is -2.05. The van der Waals surface area contributed by atoms with Crippen LogP contribution in [0.4, 0.5) is 5.69 Å². The molecule has 0 atom stereocenters. The van der Waals surface area contributed by atoms with E-state index in [1.165, 1.54) is 12.3 Å². The van der Waals surface area contributed by atoms with Gasteiger partial charge in [-0.1, -0.05) is 17.7 Å². The van der Waals surface area contributed by atoms with Gasteiger partial charge in [-0.2, -0.15) is 0 Å². The molecule has 7 nitrogen and oxygen atoms in total. The van der Waals surface area contributed by atoms with Gasteiger partial charge in [0.15, 0.2) is 0 Å². The lowest BCUT2D eigenvalue weighted by atomic mass is 10.2. The number of nitro groups is 1. The molecule has 0 aliphatic rings. The Kier molecular flexibility index (Phi) is 4.21. The fraction of sp³-hybridized carbons (Fsp3) is 0.0833. The number of aromatic nitrogens is 2. The summed E-state index contributed by atoms with van der Waals surface area (Å²) < 4.78 is 0. The smallest absolute Gasteiger partial charge is 0.319 e. The second-order valence-corrected chi connectivity index (χ2v) is 4.12. The molecule has 2 rings (SSSR count). The molecule has 2 heterocycles. The number of carbonyl (C=O) groups is 1. The first kappa shape index (κ1) is 13.9. The lowest BCUT2D eigenvalue weighted by molar-refractivity contribution is -0.385. The Bertz CT molecular complexity index is 648. The highest BCUT2D eigenvalue weighted by Crippen LogP contribution is 2.25. The molecule has 0 spiro atoms. The molecule has 20 heavy (non-hydrogen) atoms. The number of pyridine rings is 2. The number of rotatable bonds is 4. The lowest BCUT2D eigenvalue weighted by Crippen LogP contribution is -2.24. The van der Waals surface area contributed by atoms with E-state index in [1.807, 2.05) is 0 Å². The summed E-state index contributed by atoms with van der Waals surface area (Å²) in [5, 5.41) is 13.1. The standard InChI is InChI=1S/C12H9ClN4O3/c13-11-10(17(19)20)9(4-6-15-11)12(18)16-7-8-3-1-2-5-14-8/h1-6H,7H2,(H,16,18). The molecule has 0 bridgehead atoms. The molecule has 0 saturated carbocycles. The van der Waals surface area contributed by atoms with Crippen molar-refractivity contribution in [3.8, 4) is 0 Å². The fourth-order valence-electron chi connectivity index (χ4n) is 1.55. The third-order valence-corrected chi connectivity index (χ3v) is 2.74. The Morgan fingerprint density at radius 2 is 2.10 bits per heavy atom. The van der Waals surface area contributed by atoms with Gasteiger partial charge in [0.1, 0.15) is 5.56 Å². The zero-order valence-electron chi connectivity index (χ0n) is 10.1. The van der Waals surface area contributed by atoms with Crippen molar-refractivity contribution < 1.29 is 9.72 Å². The normalized spacial score (nSPS) is 10.1. The first-order valence-corrected chi connectivity index (χ1v) is 5.94. The number of hydrogen-bond acceptors (Lipinski definition) is 5. The summed E-state index contributed by atoms with van der Waals surface area (Å²) in [4.78, 5) is 29.8. The van der Waals surface area contributed by atoms with Gasteiger partial charge >= 0.3 is 5.69 Å². The first-order valence-electron chi connectivity index (χ1n) is 5.56. The first-order chi connectivity index (χ1) is 9.59. The number of nitrogens with zero attached hydrogens (tertiary/aromatic N) is 3. The number of carbonyl (C=O) groups excluding carboxylic acids is 1. The van der Waals surface area contributed by atoms with Crippen LogP contribution in [-0.4, -0.2) is 20.8 Å². The summed E-state index contributed by atoms with van der Waals surface area (Å²) >= 11 is 5.64. The van der Waals surface area contributed by atoms with Crippen LogP contribution in [0.1, 0.15) is 16.1 Å². The summed E-state index contributed by atoms with van der Waals surface area (Å²) in [6.07, 6.45) is 2.83. The largest absolute Gasteiger partial charge is 0.346 e. The summed E-state index contributed by atoms with van der Waals surface area (Å²) in [5.74, 6) is -0.605. The summed E-state index contributed by atoms with van der Waals surface area (Å²) in [5.41, 5.74) is 0.00211. The third-order valence-electron chi connectivity index (χ3n) is 2.46. The van der Waals surface area contributed by atoms with Gasteiger partial charge < -0.3 is 5.32 Å². The highest BCUT2D eigenvalue weighted by molar-refractivity contribution is 6.32. The molecule has 1 amide bonds. The van der Waals surface area contributed by atoms with Crippen LogP contribution in [0.2, 0.25) is 5.15 Å². The maximum absolute atomic E-state index is 12.0. The second-order valence-electron chi connectivity index (χ2n) is 3.76. The molecule has 102 valence electrons. The Labute approximate surface area is 118 Å². The predicted molar refractivity (Wildman–Crippen MR) is 71.3 cm³/mol. The molecule has 8 heteroatoms. The summed E-state index contributed by atoms with van der Waals surface area (Å²) in [7, 11) is 0. The second kappa shape index (κ2) is 6.07. The van der Waals surface area contributed by atoms with Crippen molar-refractivity contribution in [1.82, 2.24) is 15.3 Å². The van der Waals surface area contributed by atoms with Crippen molar-refractivity contribution in [2.75, 3.05) is 0 Å². The maximum atomic E-state index is 12.0. The average Bonchev–Trinajstić information content (AvgIpc) is 2.45. The van der Waals surface area contributed by atoms with E-state index in [0.29, 0.717) is 5.69 Å². The van der Waals surface area contributed by atoms with Crippen LogP contribution in [0.25, 0.3) is 0 Å². The van der Waals surface area contributed by atoms with E-state index < -0.39 is 16.5 Å². The number of halogens is 1. The van der Waals surface area contributed by atoms with E-state index in [9.17, 15) is 14.9 Å². The Morgan fingerprint density at radius 1 is 1.30 bits per heavy atom. The number of amides is 1. The zero-order valence-corrected chi connectivity index (χ0v) is 10.9. The van der Waals surface area contributed by atoms with Crippen LogP contribution < -0.4 is 5.32 Å². The van der Waals surface area contributed by atoms with Crippen molar-refractivity contribution in [2.24, 2.45) is 0 Å². The zero-order chi connectivity index (χ0) is 14.5. The van der Waals surface area contributed by atoms with E-state index in [2.05, 4.69) is 15.3 Å². The van der Waals surface area contributed by atoms with Crippen LogP contribution >= 0.6 is 11.6 Å². The molecule has 2 aromatic rings. The minimum absolute atomic E-state index is 0.133. The molecular weight excluding hydrogens is 284 g/mol. The SMILES string of the molecule is O=C(NCc1ccccn1)c1ccnc(Cl)c1[N+](=O)[O-]. The van der Waals surface area contributed by atoms with E-state index in [4.69, 9.17) is 11.6 Å². The van der Waals surface area contributed by atoms with Crippen LogP contribution in [0.3, 0.4) is 0 Å². The monoisotopic (exact) mass is 292 g/mol. The molecule has 1 N–H and O–H groups in total. The van der Waals surface area contributed by atoms with Crippen molar-refractivity contribution in [3.05, 3.63) is 63.2 Å². The van der Waals surface area contributed by atoms with Gasteiger partial charge in [0.2, 0.25) is 5.15 Å². The summed E-state index contributed by atoms with van der Waals surface area (Å²) in [6.45, 7) is 0.163. The van der Waals surface area contributed by atoms with Crippen LogP contribution in [0.5, 0.6) is 0 Å². The van der Waals surface area contributed by atoms with Crippen LogP contribution in [-0.2, 0) is 6.54 Å². The van der Waals surface area contributed by atoms with E-state index >= 15 is 0 Å². The van der Waals surface area contributed by atoms with E-state index in [-0.39, 0.29) is 17.3 Å². The molecular formula is C12H9ClN4O3. The van der Waals surface area contributed by atoms with Gasteiger partial charge in [-0.3, -0.25) is 19.9 Å². The van der Waals surface area contributed by atoms with Crippen molar-refractivity contribution in [3.63, 3.8) is 0 Å². The molecule has 0 radical (unpaired) electrons. The molecule has 2 aromatic heterocycles. The van der Waals surface area contributed by atoms with Crippen LogP contribution in [0, 0.1) is 10.1 Å².